The first kappa shape index (κ1) is 13.7. The summed E-state index contributed by atoms with van der Waals surface area (Å²) < 4.78 is 3.66. The van der Waals surface area contributed by atoms with Gasteiger partial charge in [0.1, 0.15) is 18.7 Å². The van der Waals surface area contributed by atoms with Gasteiger partial charge in [-0.05, 0) is 12.3 Å². The Kier molecular flexibility index (Phi) is 4.26. The molecule has 1 unspecified atom stereocenters. The molecular weight excluding hydrogens is 242 g/mol. The van der Waals surface area contributed by atoms with Crippen LogP contribution in [0.25, 0.3) is 0 Å². The molecule has 0 spiro atoms. The molecule has 0 aromatic carbocycles. The van der Waals surface area contributed by atoms with Gasteiger partial charge in [0.2, 0.25) is 0 Å². The number of hydrogen-bond donors (Lipinski definition) is 1. The van der Waals surface area contributed by atoms with Crippen LogP contribution >= 0.6 is 0 Å². The predicted octanol–water partition coefficient (Wildman–Crippen LogP) is 0.984. The van der Waals surface area contributed by atoms with E-state index in [2.05, 4.69) is 34.2 Å². The first-order chi connectivity index (χ1) is 9.10. The Balaban J connectivity index is 2.09. The fourth-order valence-corrected chi connectivity index (χ4v) is 1.82. The minimum absolute atomic E-state index is 0.0534. The zero-order chi connectivity index (χ0) is 13.8. The van der Waals surface area contributed by atoms with Crippen LogP contribution in [0.5, 0.6) is 0 Å². The van der Waals surface area contributed by atoms with E-state index in [1.165, 1.54) is 0 Å². The van der Waals surface area contributed by atoms with Gasteiger partial charge in [-0.15, -0.1) is 5.10 Å². The van der Waals surface area contributed by atoms with Gasteiger partial charge < -0.3 is 5.73 Å². The van der Waals surface area contributed by atoms with E-state index in [0.29, 0.717) is 12.5 Å². The predicted molar refractivity (Wildman–Crippen MR) is 71.2 cm³/mol. The van der Waals surface area contributed by atoms with Crippen molar-refractivity contribution in [1.29, 1.82) is 0 Å². The second-order valence-electron chi connectivity index (χ2n) is 5.11. The van der Waals surface area contributed by atoms with Crippen LogP contribution in [0, 0.1) is 5.92 Å². The Morgan fingerprint density at radius 3 is 2.84 bits per heavy atom. The monoisotopic (exact) mass is 263 g/mol. The summed E-state index contributed by atoms with van der Waals surface area (Å²) in [6.07, 6.45) is 4.30. The van der Waals surface area contributed by atoms with Gasteiger partial charge in [-0.1, -0.05) is 26.0 Å². The van der Waals surface area contributed by atoms with E-state index in [4.69, 9.17) is 5.73 Å². The molecule has 2 rings (SSSR count). The molecule has 104 valence electrons. The quantitative estimate of drug-likeness (QED) is 0.839. The van der Waals surface area contributed by atoms with E-state index >= 15 is 0 Å². The van der Waals surface area contributed by atoms with Gasteiger partial charge in [-0.25, -0.2) is 14.3 Å². The second-order valence-corrected chi connectivity index (χ2v) is 5.11. The van der Waals surface area contributed by atoms with Crippen molar-refractivity contribution in [3.63, 3.8) is 0 Å². The molecule has 0 aliphatic heterocycles. The van der Waals surface area contributed by atoms with Crippen LogP contribution < -0.4 is 5.73 Å². The third kappa shape index (κ3) is 3.37. The van der Waals surface area contributed by atoms with E-state index < -0.39 is 0 Å². The summed E-state index contributed by atoms with van der Waals surface area (Å²) in [4.78, 5) is 4.27. The zero-order valence-corrected chi connectivity index (χ0v) is 11.7. The highest BCUT2D eigenvalue weighted by Gasteiger charge is 2.11. The molecular formula is C12H21N7. The van der Waals surface area contributed by atoms with Crippen molar-refractivity contribution in [3.05, 3.63) is 24.0 Å². The molecule has 0 saturated carbocycles. The van der Waals surface area contributed by atoms with Crippen LogP contribution in [0.3, 0.4) is 0 Å². The van der Waals surface area contributed by atoms with Crippen molar-refractivity contribution in [2.24, 2.45) is 11.7 Å². The van der Waals surface area contributed by atoms with Gasteiger partial charge in [0, 0.05) is 6.54 Å². The maximum absolute atomic E-state index is 5.93. The molecule has 2 aromatic heterocycles. The SMILES string of the molecule is CCC(N)c1cn(Cc2ncnn2CC(C)C)nn1. The normalized spacial score (nSPS) is 13.1. The minimum Gasteiger partial charge on any atom is -0.323 e. The standard InChI is InChI=1S/C12H21N7/c1-4-10(13)11-6-18(17-16-11)7-12-14-8-15-19(12)5-9(2)3/h6,8-10H,4-5,7,13H2,1-3H3. The maximum Gasteiger partial charge on any atom is 0.148 e. The molecule has 0 fully saturated rings. The summed E-state index contributed by atoms with van der Waals surface area (Å²) in [5.41, 5.74) is 6.74. The highest BCUT2D eigenvalue weighted by atomic mass is 15.4. The van der Waals surface area contributed by atoms with Gasteiger partial charge in [0.25, 0.3) is 0 Å². The molecule has 0 bridgehead atoms. The smallest absolute Gasteiger partial charge is 0.148 e. The molecule has 19 heavy (non-hydrogen) atoms. The summed E-state index contributed by atoms with van der Waals surface area (Å²) in [5.74, 6) is 1.41. The number of nitrogens with zero attached hydrogens (tertiary/aromatic N) is 6. The van der Waals surface area contributed by atoms with Crippen molar-refractivity contribution in [2.75, 3.05) is 0 Å². The van der Waals surface area contributed by atoms with E-state index in [9.17, 15) is 0 Å². The molecule has 7 nitrogen and oxygen atoms in total. The van der Waals surface area contributed by atoms with Crippen LogP contribution in [0.2, 0.25) is 0 Å². The lowest BCUT2D eigenvalue weighted by molar-refractivity contribution is 0.455. The molecule has 0 radical (unpaired) electrons. The van der Waals surface area contributed by atoms with Crippen LogP contribution in [0.1, 0.15) is 44.8 Å². The number of hydrogen-bond acceptors (Lipinski definition) is 5. The summed E-state index contributed by atoms with van der Waals surface area (Å²) in [5, 5.41) is 12.4. The summed E-state index contributed by atoms with van der Waals surface area (Å²) >= 11 is 0. The van der Waals surface area contributed by atoms with E-state index in [1.54, 1.807) is 11.0 Å². The number of nitrogens with two attached hydrogens (primary N) is 1. The summed E-state index contributed by atoms with van der Waals surface area (Å²) in [6, 6.07) is -0.0534. The molecule has 2 heterocycles. The largest absolute Gasteiger partial charge is 0.323 e. The average Bonchev–Trinajstić information content (AvgIpc) is 2.99. The van der Waals surface area contributed by atoms with Crippen LogP contribution in [0.4, 0.5) is 0 Å². The Morgan fingerprint density at radius 2 is 2.16 bits per heavy atom. The van der Waals surface area contributed by atoms with E-state index in [1.807, 2.05) is 17.8 Å². The third-order valence-corrected chi connectivity index (χ3v) is 2.91. The highest BCUT2D eigenvalue weighted by Crippen LogP contribution is 2.10. The lowest BCUT2D eigenvalue weighted by Crippen LogP contribution is -2.13. The summed E-state index contributed by atoms with van der Waals surface area (Å²) in [6.45, 7) is 7.75. The lowest BCUT2D eigenvalue weighted by Gasteiger charge is -2.08. The molecule has 0 saturated heterocycles. The van der Waals surface area contributed by atoms with Crippen molar-refractivity contribution in [2.45, 2.75) is 46.3 Å². The molecule has 2 N–H and O–H groups in total. The first-order valence-corrected chi connectivity index (χ1v) is 6.62. The van der Waals surface area contributed by atoms with Crippen LogP contribution in [-0.4, -0.2) is 29.8 Å². The van der Waals surface area contributed by atoms with Gasteiger partial charge in [0.05, 0.1) is 17.9 Å². The molecule has 1 atom stereocenters. The topological polar surface area (TPSA) is 87.4 Å². The van der Waals surface area contributed by atoms with Gasteiger partial charge in [0.15, 0.2) is 0 Å². The fraction of sp³-hybridized carbons (Fsp3) is 0.667. The molecule has 0 aliphatic carbocycles. The molecule has 2 aromatic rings. The summed E-state index contributed by atoms with van der Waals surface area (Å²) in [7, 11) is 0. The van der Waals surface area contributed by atoms with Crippen LogP contribution in [0.15, 0.2) is 12.5 Å². The maximum atomic E-state index is 5.93. The third-order valence-electron chi connectivity index (χ3n) is 2.91. The van der Waals surface area contributed by atoms with Crippen molar-refractivity contribution < 1.29 is 0 Å². The highest BCUT2D eigenvalue weighted by molar-refractivity contribution is 5.00. The fourth-order valence-electron chi connectivity index (χ4n) is 1.82. The number of aromatic nitrogens is 6. The first-order valence-electron chi connectivity index (χ1n) is 6.62. The van der Waals surface area contributed by atoms with Gasteiger partial charge >= 0.3 is 0 Å². The molecule has 7 heteroatoms. The Morgan fingerprint density at radius 1 is 1.37 bits per heavy atom. The van der Waals surface area contributed by atoms with Crippen molar-refractivity contribution in [1.82, 2.24) is 29.8 Å². The van der Waals surface area contributed by atoms with Crippen molar-refractivity contribution in [3.8, 4) is 0 Å². The van der Waals surface area contributed by atoms with Gasteiger partial charge in [-0.3, -0.25) is 0 Å². The molecule has 0 aliphatic rings. The Hall–Kier alpha value is -1.76. The van der Waals surface area contributed by atoms with Crippen molar-refractivity contribution >= 4 is 0 Å². The Bertz CT molecular complexity index is 514. The average molecular weight is 263 g/mol. The van der Waals surface area contributed by atoms with E-state index in [-0.39, 0.29) is 6.04 Å². The second kappa shape index (κ2) is 5.92. The minimum atomic E-state index is -0.0534. The lowest BCUT2D eigenvalue weighted by atomic mass is 10.2. The van der Waals surface area contributed by atoms with Gasteiger partial charge in [-0.2, -0.15) is 5.10 Å². The van der Waals surface area contributed by atoms with Crippen LogP contribution in [-0.2, 0) is 13.1 Å². The van der Waals surface area contributed by atoms with E-state index in [0.717, 1.165) is 24.5 Å². The zero-order valence-electron chi connectivity index (χ0n) is 11.7. The molecule has 0 amide bonds. The Labute approximate surface area is 112 Å². The number of rotatable bonds is 6.